The van der Waals surface area contributed by atoms with Crippen LogP contribution in [0.4, 0.5) is 48.3 Å². The second kappa shape index (κ2) is 6.52. The third-order valence-electron chi connectivity index (χ3n) is 2.17. The molecular formula is C10H9F11O3. The number of carbonyl (C=O) groups is 1. The number of hydrogen-bond donors (Lipinski definition) is 0. The minimum atomic E-state index is -7.22. The molecule has 0 N–H and O–H groups in total. The van der Waals surface area contributed by atoms with E-state index in [1.165, 1.54) is 13.8 Å². The van der Waals surface area contributed by atoms with Gasteiger partial charge < -0.3 is 4.74 Å². The van der Waals surface area contributed by atoms with E-state index in [-0.39, 0.29) is 0 Å². The predicted molar refractivity (Wildman–Crippen MR) is 52.7 cm³/mol. The third-order valence-corrected chi connectivity index (χ3v) is 2.17. The van der Waals surface area contributed by atoms with E-state index in [0.717, 1.165) is 0 Å². The van der Waals surface area contributed by atoms with E-state index in [1.54, 1.807) is 0 Å². The molecule has 14 heteroatoms. The van der Waals surface area contributed by atoms with Gasteiger partial charge in [0, 0.05) is 0 Å². The lowest BCUT2D eigenvalue weighted by atomic mass is 10.2. The van der Waals surface area contributed by atoms with Crippen molar-refractivity contribution in [3.05, 3.63) is 0 Å². The number of carbonyl (C=O) groups excluding carboxylic acids is 1. The van der Waals surface area contributed by atoms with Crippen LogP contribution in [0.2, 0.25) is 0 Å². The zero-order valence-corrected chi connectivity index (χ0v) is 11.7. The first-order chi connectivity index (χ1) is 10.3. The summed E-state index contributed by atoms with van der Waals surface area (Å²) in [6, 6.07) is 0. The van der Waals surface area contributed by atoms with Crippen molar-refractivity contribution in [2.45, 2.75) is 44.1 Å². The molecule has 0 aromatic rings. The van der Waals surface area contributed by atoms with Crippen LogP contribution in [0.25, 0.3) is 0 Å². The predicted octanol–water partition coefficient (Wildman–Crippen LogP) is 4.22. The fourth-order valence-corrected chi connectivity index (χ4v) is 0.956. The van der Waals surface area contributed by atoms with Gasteiger partial charge in [0.25, 0.3) is 0 Å². The molecule has 0 rings (SSSR count). The number of rotatable bonds is 6. The molecular weight excluding hydrogens is 377 g/mol. The van der Waals surface area contributed by atoms with Gasteiger partial charge in [0.2, 0.25) is 0 Å². The minimum absolute atomic E-state index is 0.747. The summed E-state index contributed by atoms with van der Waals surface area (Å²) >= 11 is 0. The lowest BCUT2D eigenvalue weighted by molar-refractivity contribution is -0.475. The van der Waals surface area contributed by atoms with E-state index in [1.807, 2.05) is 4.74 Å². The number of halogens is 11. The van der Waals surface area contributed by atoms with Crippen LogP contribution in [0.5, 0.6) is 0 Å². The zero-order valence-electron chi connectivity index (χ0n) is 11.7. The molecule has 0 heterocycles. The Morgan fingerprint density at radius 3 is 1.54 bits per heavy atom. The minimum Gasteiger partial charge on any atom is -0.461 e. The van der Waals surface area contributed by atoms with Gasteiger partial charge in [-0.1, -0.05) is 13.8 Å². The Hall–Kier alpha value is -1.34. The molecule has 0 aromatic heterocycles. The van der Waals surface area contributed by atoms with E-state index in [9.17, 15) is 53.1 Å². The number of ether oxygens (including phenoxy) is 2. The fraction of sp³-hybridized carbons (Fsp3) is 0.900. The third kappa shape index (κ3) is 4.39. The first-order valence-corrected chi connectivity index (χ1v) is 5.75. The smallest absolute Gasteiger partial charge is 0.461 e. The molecule has 0 fully saturated rings. The summed E-state index contributed by atoms with van der Waals surface area (Å²) in [4.78, 5) is 11.0. The molecule has 0 aliphatic heterocycles. The van der Waals surface area contributed by atoms with Gasteiger partial charge in [0.1, 0.15) is 0 Å². The van der Waals surface area contributed by atoms with Crippen LogP contribution in [0, 0.1) is 5.92 Å². The molecule has 0 radical (unpaired) electrons. The molecule has 0 saturated carbocycles. The molecule has 0 aliphatic rings. The van der Waals surface area contributed by atoms with Crippen molar-refractivity contribution < 1.29 is 62.6 Å². The highest BCUT2D eigenvalue weighted by Gasteiger charge is 2.80. The van der Waals surface area contributed by atoms with Crippen molar-refractivity contribution in [3.63, 3.8) is 0 Å². The largest absolute Gasteiger partial charge is 0.462 e. The van der Waals surface area contributed by atoms with E-state index in [0.29, 0.717) is 0 Å². The summed E-state index contributed by atoms with van der Waals surface area (Å²) in [6.07, 6.45) is -20.9. The molecule has 3 nitrogen and oxygen atoms in total. The van der Waals surface area contributed by atoms with Gasteiger partial charge in [-0.2, -0.15) is 48.3 Å². The van der Waals surface area contributed by atoms with Gasteiger partial charge in [-0.25, -0.2) is 4.79 Å². The second-order valence-corrected chi connectivity index (χ2v) is 4.78. The monoisotopic (exact) mass is 386 g/mol. The van der Waals surface area contributed by atoms with Crippen molar-refractivity contribution >= 4 is 5.97 Å². The Balaban J connectivity index is 5.78. The first-order valence-electron chi connectivity index (χ1n) is 5.75. The SMILES string of the molecule is CC(C)COC(=O)C(F)(OC(F)(F)C(F)(F)C(F)(F)F)C(F)(F)F. The lowest BCUT2D eigenvalue weighted by Gasteiger charge is -2.33. The molecule has 1 atom stereocenters. The highest BCUT2D eigenvalue weighted by molar-refractivity contribution is 5.78. The van der Waals surface area contributed by atoms with Crippen LogP contribution < -0.4 is 0 Å². The Bertz CT molecular complexity index is 454. The van der Waals surface area contributed by atoms with Crippen molar-refractivity contribution in [3.8, 4) is 0 Å². The molecule has 24 heavy (non-hydrogen) atoms. The number of hydrogen-bond acceptors (Lipinski definition) is 3. The van der Waals surface area contributed by atoms with E-state index >= 15 is 0 Å². The second-order valence-electron chi connectivity index (χ2n) is 4.78. The summed E-state index contributed by atoms with van der Waals surface area (Å²) in [6.45, 7) is 1.45. The summed E-state index contributed by atoms with van der Waals surface area (Å²) in [5.41, 5.74) is 0. The van der Waals surface area contributed by atoms with Crippen LogP contribution in [0.3, 0.4) is 0 Å². The molecule has 0 aromatic carbocycles. The van der Waals surface area contributed by atoms with Gasteiger partial charge in [-0.3, -0.25) is 4.74 Å². The van der Waals surface area contributed by atoms with Crippen LogP contribution >= 0.6 is 0 Å². The van der Waals surface area contributed by atoms with Crippen molar-refractivity contribution in [1.29, 1.82) is 0 Å². The molecule has 0 bridgehead atoms. The fourth-order valence-electron chi connectivity index (χ4n) is 0.956. The molecule has 0 saturated heterocycles. The quantitative estimate of drug-likeness (QED) is 0.507. The maximum Gasteiger partial charge on any atom is 0.462 e. The maximum absolute atomic E-state index is 13.6. The van der Waals surface area contributed by atoms with Gasteiger partial charge >= 0.3 is 36.2 Å². The van der Waals surface area contributed by atoms with E-state index < -0.39 is 48.7 Å². The zero-order chi connectivity index (χ0) is 19.8. The molecule has 144 valence electrons. The Labute approximate surface area is 126 Å². The summed E-state index contributed by atoms with van der Waals surface area (Å²) < 4.78 is 143. The van der Waals surface area contributed by atoms with Gasteiger partial charge in [0.05, 0.1) is 6.61 Å². The van der Waals surface area contributed by atoms with Crippen molar-refractivity contribution in [2.75, 3.05) is 6.61 Å². The Kier molecular flexibility index (Phi) is 6.15. The maximum atomic E-state index is 13.6. The van der Waals surface area contributed by atoms with Crippen LogP contribution in [0.1, 0.15) is 13.8 Å². The normalized spacial score (nSPS) is 16.9. The Morgan fingerprint density at radius 1 is 0.833 bits per heavy atom. The van der Waals surface area contributed by atoms with Crippen molar-refractivity contribution in [1.82, 2.24) is 0 Å². The summed E-state index contributed by atoms with van der Waals surface area (Å²) in [7, 11) is 0. The van der Waals surface area contributed by atoms with Crippen LogP contribution in [-0.4, -0.2) is 42.8 Å². The highest BCUT2D eigenvalue weighted by Crippen LogP contribution is 2.51. The standard InChI is InChI=1S/C10H9F11O3/c1-4(2)3-23-5(22)6(11,8(14,15)16)24-10(20,21)7(12,13)9(17,18)19/h4H,3H2,1-2H3. The van der Waals surface area contributed by atoms with Gasteiger partial charge in [-0.15, -0.1) is 0 Å². The number of esters is 1. The first kappa shape index (κ1) is 22.7. The highest BCUT2D eigenvalue weighted by atomic mass is 19.4. The van der Waals surface area contributed by atoms with E-state index in [2.05, 4.69) is 4.74 Å². The molecule has 0 aliphatic carbocycles. The Morgan fingerprint density at radius 2 is 1.25 bits per heavy atom. The van der Waals surface area contributed by atoms with Crippen molar-refractivity contribution in [2.24, 2.45) is 5.92 Å². The molecule has 1 unspecified atom stereocenters. The van der Waals surface area contributed by atoms with Crippen LogP contribution in [0.15, 0.2) is 0 Å². The summed E-state index contributed by atoms with van der Waals surface area (Å²) in [5, 5.41) is 0. The topological polar surface area (TPSA) is 35.5 Å². The number of alkyl halides is 11. The molecule has 0 amide bonds. The van der Waals surface area contributed by atoms with Gasteiger partial charge in [0.15, 0.2) is 0 Å². The average Bonchev–Trinajstić information content (AvgIpc) is 2.31. The van der Waals surface area contributed by atoms with E-state index in [4.69, 9.17) is 0 Å². The van der Waals surface area contributed by atoms with Crippen LogP contribution in [-0.2, 0) is 14.3 Å². The van der Waals surface area contributed by atoms with Gasteiger partial charge in [-0.05, 0) is 5.92 Å². The lowest BCUT2D eigenvalue weighted by Crippen LogP contribution is -2.61. The molecule has 0 spiro atoms. The average molecular weight is 386 g/mol. The summed E-state index contributed by atoms with van der Waals surface area (Å²) in [5.74, 6) is -17.5.